The largest absolute Gasteiger partial charge is 0.394 e. The van der Waals surface area contributed by atoms with E-state index in [9.17, 15) is 8.78 Å². The van der Waals surface area contributed by atoms with Gasteiger partial charge in [-0.05, 0) is 27.7 Å². The van der Waals surface area contributed by atoms with Gasteiger partial charge in [0.1, 0.15) is 36.6 Å². The lowest BCUT2D eigenvalue weighted by molar-refractivity contribution is -0.274. The molecular formula is C18H30F2O10. The molecule has 0 aromatic heterocycles. The highest BCUT2D eigenvalue weighted by Crippen LogP contribution is 2.41. The minimum Gasteiger partial charge on any atom is -0.394 e. The second-order valence-corrected chi connectivity index (χ2v) is 8.55. The first-order valence-corrected chi connectivity index (χ1v) is 9.77. The van der Waals surface area contributed by atoms with Crippen molar-refractivity contribution < 1.29 is 57.6 Å². The minimum absolute atomic E-state index is 0.320. The molecule has 0 amide bonds. The van der Waals surface area contributed by atoms with Gasteiger partial charge in [-0.25, -0.2) is 8.78 Å². The average Bonchev–Trinajstić information content (AvgIpc) is 3.27. The Hall–Kier alpha value is -0.540. The molecule has 4 rings (SSSR count). The Kier molecular flexibility index (Phi) is 7.05. The molecule has 0 radical (unpaired) electrons. The van der Waals surface area contributed by atoms with Crippen molar-refractivity contribution in [1.29, 1.82) is 0 Å². The topological polar surface area (TPSA) is 136 Å². The number of aliphatic hydroxyl groups is 4. The number of ether oxygens (including phenoxy) is 6. The third-order valence-corrected chi connectivity index (χ3v) is 5.22. The van der Waals surface area contributed by atoms with E-state index in [2.05, 4.69) is 4.74 Å². The molecule has 4 N–H and O–H groups in total. The van der Waals surface area contributed by atoms with Gasteiger partial charge in [-0.2, -0.15) is 0 Å². The van der Waals surface area contributed by atoms with Crippen LogP contribution in [0.2, 0.25) is 0 Å². The van der Waals surface area contributed by atoms with E-state index in [1.807, 2.05) is 0 Å². The molecule has 0 saturated carbocycles. The molecule has 10 atom stereocenters. The first-order chi connectivity index (χ1) is 13.8. The Morgan fingerprint density at radius 3 is 2.03 bits per heavy atom. The quantitative estimate of drug-likeness (QED) is 0.425. The van der Waals surface area contributed by atoms with Crippen molar-refractivity contribution in [3.05, 3.63) is 0 Å². The van der Waals surface area contributed by atoms with Gasteiger partial charge in [0.05, 0.1) is 13.2 Å². The van der Waals surface area contributed by atoms with Gasteiger partial charge < -0.3 is 48.8 Å². The second-order valence-electron chi connectivity index (χ2n) is 8.55. The lowest BCUT2D eigenvalue weighted by Crippen LogP contribution is -2.56. The van der Waals surface area contributed by atoms with Crippen molar-refractivity contribution in [1.82, 2.24) is 0 Å². The number of fused-ring (bicyclic) bond motifs is 1. The zero-order valence-electron chi connectivity index (χ0n) is 17.2. The third kappa shape index (κ3) is 4.93. The summed E-state index contributed by atoms with van der Waals surface area (Å²) in [5.41, 5.74) is 0. The molecule has 0 aliphatic carbocycles. The molecule has 4 unspecified atom stereocenters. The lowest BCUT2D eigenvalue weighted by atomic mass is 10.0. The standard InChI is InChI=1S/C12H19FO5.C6H11FO5/c1-11(2)14-5-6(16-11)8-7(13)9-10(15-8)18-12(3,4)17-9;7-3-4(9)2(1-8)12-6(11)5(3)10/h6-10H,5H2,1-4H3;2-6,8-11H,1H2/t6?,7?,8-,9+,10-;2?,3-,4+,5?,6+/m10/s1. The summed E-state index contributed by atoms with van der Waals surface area (Å²) in [6, 6.07) is 0. The first-order valence-electron chi connectivity index (χ1n) is 9.77. The van der Waals surface area contributed by atoms with E-state index in [1.54, 1.807) is 27.7 Å². The van der Waals surface area contributed by atoms with Gasteiger partial charge in [0.25, 0.3) is 0 Å². The predicted molar refractivity (Wildman–Crippen MR) is 93.4 cm³/mol. The van der Waals surface area contributed by atoms with Crippen LogP contribution < -0.4 is 0 Å². The number of aliphatic hydroxyl groups excluding tert-OH is 4. The van der Waals surface area contributed by atoms with Crippen molar-refractivity contribution in [2.24, 2.45) is 0 Å². The molecular weight excluding hydrogens is 414 g/mol. The third-order valence-electron chi connectivity index (χ3n) is 5.22. The van der Waals surface area contributed by atoms with Crippen LogP contribution in [-0.2, 0) is 28.4 Å². The lowest BCUT2D eigenvalue weighted by Gasteiger charge is -2.36. The fraction of sp³-hybridized carbons (Fsp3) is 1.00. The van der Waals surface area contributed by atoms with E-state index in [-0.39, 0.29) is 0 Å². The zero-order valence-corrected chi connectivity index (χ0v) is 17.2. The number of hydrogen-bond donors (Lipinski definition) is 4. The molecule has 10 nitrogen and oxygen atoms in total. The summed E-state index contributed by atoms with van der Waals surface area (Å²) in [5, 5.41) is 35.2. The van der Waals surface area contributed by atoms with E-state index in [1.165, 1.54) is 0 Å². The molecule has 4 saturated heterocycles. The minimum atomic E-state index is -1.99. The summed E-state index contributed by atoms with van der Waals surface area (Å²) in [7, 11) is 0. The summed E-state index contributed by atoms with van der Waals surface area (Å²) in [4.78, 5) is 0. The molecule has 0 spiro atoms. The van der Waals surface area contributed by atoms with E-state index in [0.29, 0.717) is 6.61 Å². The molecule has 0 aromatic rings. The molecule has 4 heterocycles. The predicted octanol–water partition coefficient (Wildman–Crippen LogP) is -0.892. The van der Waals surface area contributed by atoms with Crippen LogP contribution >= 0.6 is 0 Å². The Bertz CT molecular complexity index is 589. The van der Waals surface area contributed by atoms with Crippen molar-refractivity contribution in [3.8, 4) is 0 Å². The van der Waals surface area contributed by atoms with Crippen LogP contribution in [-0.4, -0.2) is 107 Å². The van der Waals surface area contributed by atoms with Gasteiger partial charge in [-0.1, -0.05) is 0 Å². The molecule has 4 aliphatic heterocycles. The van der Waals surface area contributed by atoms with E-state index >= 15 is 0 Å². The van der Waals surface area contributed by atoms with Gasteiger partial charge in [0, 0.05) is 0 Å². The highest BCUT2D eigenvalue weighted by molar-refractivity contribution is 4.98. The summed E-state index contributed by atoms with van der Waals surface area (Å²) >= 11 is 0. The fourth-order valence-corrected chi connectivity index (χ4v) is 3.72. The summed E-state index contributed by atoms with van der Waals surface area (Å²) < 4.78 is 59.3. The number of alkyl halides is 2. The van der Waals surface area contributed by atoms with Crippen LogP contribution in [0, 0.1) is 0 Å². The van der Waals surface area contributed by atoms with Crippen molar-refractivity contribution >= 4 is 0 Å². The van der Waals surface area contributed by atoms with Gasteiger partial charge >= 0.3 is 0 Å². The monoisotopic (exact) mass is 444 g/mol. The van der Waals surface area contributed by atoms with E-state index < -0.39 is 79.7 Å². The fourth-order valence-electron chi connectivity index (χ4n) is 3.72. The maximum Gasteiger partial charge on any atom is 0.190 e. The van der Waals surface area contributed by atoms with Gasteiger partial charge in [-0.15, -0.1) is 0 Å². The van der Waals surface area contributed by atoms with E-state index in [4.69, 9.17) is 44.1 Å². The Morgan fingerprint density at radius 1 is 0.833 bits per heavy atom. The number of halogens is 2. The van der Waals surface area contributed by atoms with Crippen molar-refractivity contribution in [2.75, 3.05) is 13.2 Å². The molecule has 4 fully saturated rings. The van der Waals surface area contributed by atoms with E-state index in [0.717, 1.165) is 0 Å². The average molecular weight is 444 g/mol. The van der Waals surface area contributed by atoms with Gasteiger partial charge in [-0.3, -0.25) is 0 Å². The SMILES string of the molecule is CC1(C)OCC([C@H]2O[C@@H]3OC(C)(C)O[C@H]3C2F)O1.OCC1O[C@@H](O)C(O)[C@@H](F)[C@@H]1O. The van der Waals surface area contributed by atoms with Crippen LogP contribution in [0.15, 0.2) is 0 Å². The first kappa shape index (κ1) is 24.1. The molecule has 4 aliphatic rings. The smallest absolute Gasteiger partial charge is 0.190 e. The zero-order chi connectivity index (χ0) is 22.4. The van der Waals surface area contributed by atoms with Crippen LogP contribution in [0.4, 0.5) is 8.78 Å². The Balaban J connectivity index is 0.000000187. The van der Waals surface area contributed by atoms with Crippen molar-refractivity contribution in [3.63, 3.8) is 0 Å². The maximum atomic E-state index is 14.3. The van der Waals surface area contributed by atoms with Crippen molar-refractivity contribution in [2.45, 2.75) is 101 Å². The van der Waals surface area contributed by atoms with Gasteiger partial charge in [0.15, 0.2) is 36.5 Å². The molecule has 30 heavy (non-hydrogen) atoms. The Morgan fingerprint density at radius 2 is 1.50 bits per heavy atom. The summed E-state index contributed by atoms with van der Waals surface area (Å²) in [6.07, 6.45) is -12.0. The van der Waals surface area contributed by atoms with Crippen LogP contribution in [0.5, 0.6) is 0 Å². The summed E-state index contributed by atoms with van der Waals surface area (Å²) in [6.45, 7) is 6.80. The molecule has 0 aromatic carbocycles. The van der Waals surface area contributed by atoms with Crippen LogP contribution in [0.25, 0.3) is 0 Å². The number of hydrogen-bond acceptors (Lipinski definition) is 10. The molecule has 12 heteroatoms. The highest BCUT2D eigenvalue weighted by atomic mass is 19.1. The maximum absolute atomic E-state index is 14.3. The van der Waals surface area contributed by atoms with Crippen LogP contribution in [0.1, 0.15) is 27.7 Å². The molecule has 176 valence electrons. The Labute approximate surface area is 172 Å². The second kappa shape index (κ2) is 8.77. The highest BCUT2D eigenvalue weighted by Gasteiger charge is 2.58. The molecule has 0 bridgehead atoms. The van der Waals surface area contributed by atoms with Gasteiger partial charge in [0.2, 0.25) is 0 Å². The normalized spacial score (nSPS) is 49.4. The summed E-state index contributed by atoms with van der Waals surface area (Å²) in [5.74, 6) is -1.48. The van der Waals surface area contributed by atoms with Crippen LogP contribution in [0.3, 0.4) is 0 Å². The number of rotatable bonds is 2.